The van der Waals surface area contributed by atoms with E-state index in [2.05, 4.69) is 13.8 Å². The summed E-state index contributed by atoms with van der Waals surface area (Å²) in [7, 11) is 0. The van der Waals surface area contributed by atoms with Gasteiger partial charge < -0.3 is 0 Å². The molecule has 0 bridgehead atoms. The molecule has 1 aliphatic heterocycles. The topological polar surface area (TPSA) is 40.2 Å². The van der Waals surface area contributed by atoms with Crippen LogP contribution in [0.1, 0.15) is 73.1 Å². The molecule has 0 spiro atoms. The van der Waals surface area contributed by atoms with Crippen molar-refractivity contribution in [3.05, 3.63) is 0 Å². The number of carbonyl (C=O) groups excluding carboxylic acids is 1. The Bertz CT molecular complexity index is 305. The number of piperidine rings is 1. The van der Waals surface area contributed by atoms with Crippen LogP contribution in [0.15, 0.2) is 0 Å². The number of ketones is 1. The highest BCUT2D eigenvalue weighted by Crippen LogP contribution is 2.45. The maximum atomic E-state index is 12.8. The van der Waals surface area contributed by atoms with Crippen LogP contribution in [0.25, 0.3) is 0 Å². The van der Waals surface area contributed by atoms with E-state index in [0.717, 1.165) is 32.1 Å². The molecule has 0 aliphatic carbocycles. The second-order valence-electron chi connectivity index (χ2n) is 6.25. The molecule has 0 amide bonds. The van der Waals surface area contributed by atoms with Gasteiger partial charge in [-0.1, -0.05) is 33.6 Å². The average molecular weight is 254 g/mol. The summed E-state index contributed by atoms with van der Waals surface area (Å²) >= 11 is 0. The Morgan fingerprint density at radius 3 is 2.17 bits per heavy atom. The van der Waals surface area contributed by atoms with Crippen LogP contribution in [0, 0.1) is 5.92 Å². The van der Waals surface area contributed by atoms with E-state index >= 15 is 0 Å². The molecule has 1 radical (unpaired) electrons. The first-order chi connectivity index (χ1) is 8.35. The van der Waals surface area contributed by atoms with Crippen LogP contribution in [-0.4, -0.2) is 21.9 Å². The smallest absolute Gasteiger partial charge is 0.139 e. The lowest BCUT2D eigenvalue weighted by Crippen LogP contribution is -2.65. The Kier molecular flexibility index (Phi) is 4.96. The van der Waals surface area contributed by atoms with Gasteiger partial charge in [0.2, 0.25) is 0 Å². The molecule has 0 aromatic carbocycles. The highest BCUT2D eigenvalue weighted by molar-refractivity contribution is 5.84. The molecular weight excluding hydrogens is 226 g/mol. The lowest BCUT2D eigenvalue weighted by molar-refractivity contribution is -0.304. The molecule has 0 aromatic rings. The van der Waals surface area contributed by atoms with Gasteiger partial charge in [-0.3, -0.25) is 4.79 Å². The average Bonchev–Trinajstić information content (AvgIpc) is 2.27. The van der Waals surface area contributed by atoms with Crippen molar-refractivity contribution in [1.82, 2.24) is 5.06 Å². The van der Waals surface area contributed by atoms with Crippen molar-refractivity contribution in [2.24, 2.45) is 5.92 Å². The SMILES string of the molecule is CCCC1(C)CC(=O)C(CC)C(C)(CCC)N1[O]. The lowest BCUT2D eigenvalue weighted by Gasteiger charge is -2.53. The maximum absolute atomic E-state index is 12.8. The Morgan fingerprint density at radius 1 is 1.17 bits per heavy atom. The maximum Gasteiger partial charge on any atom is 0.139 e. The summed E-state index contributed by atoms with van der Waals surface area (Å²) in [5.41, 5.74) is -1.01. The van der Waals surface area contributed by atoms with Crippen LogP contribution in [-0.2, 0) is 10.0 Å². The van der Waals surface area contributed by atoms with Crippen LogP contribution >= 0.6 is 0 Å². The van der Waals surface area contributed by atoms with E-state index in [1.54, 1.807) is 0 Å². The standard InChI is InChI=1S/C15H28NO2/c1-6-9-14(4)11-13(17)12(8-3)15(5,10-7-2)16(14)18/h12H,6-11H2,1-5H3. The van der Waals surface area contributed by atoms with Crippen molar-refractivity contribution in [2.75, 3.05) is 0 Å². The minimum atomic E-state index is -0.511. The number of carbonyl (C=O) groups is 1. The van der Waals surface area contributed by atoms with E-state index in [1.807, 2.05) is 20.8 Å². The lowest BCUT2D eigenvalue weighted by atomic mass is 9.68. The van der Waals surface area contributed by atoms with E-state index in [-0.39, 0.29) is 11.7 Å². The van der Waals surface area contributed by atoms with Crippen molar-refractivity contribution in [1.29, 1.82) is 0 Å². The molecule has 3 unspecified atom stereocenters. The van der Waals surface area contributed by atoms with E-state index in [4.69, 9.17) is 0 Å². The third-order valence-electron chi connectivity index (χ3n) is 4.60. The molecular formula is C15H28NO2. The number of hydroxylamine groups is 2. The van der Waals surface area contributed by atoms with Crippen LogP contribution in [0.5, 0.6) is 0 Å². The molecule has 3 heteroatoms. The summed E-state index contributed by atoms with van der Waals surface area (Å²) < 4.78 is 0. The van der Waals surface area contributed by atoms with Gasteiger partial charge in [0.15, 0.2) is 0 Å². The van der Waals surface area contributed by atoms with Crippen LogP contribution < -0.4 is 0 Å². The van der Waals surface area contributed by atoms with Gasteiger partial charge in [-0.15, -0.1) is 10.3 Å². The van der Waals surface area contributed by atoms with E-state index in [1.165, 1.54) is 5.06 Å². The Labute approximate surface area is 112 Å². The number of hydrogen-bond acceptors (Lipinski definition) is 2. The molecule has 18 heavy (non-hydrogen) atoms. The molecule has 3 atom stereocenters. The minimum Gasteiger partial charge on any atom is -0.299 e. The highest BCUT2D eigenvalue weighted by Gasteiger charge is 2.54. The normalized spacial score (nSPS) is 38.1. The summed E-state index contributed by atoms with van der Waals surface area (Å²) in [6.45, 7) is 10.1. The third-order valence-corrected chi connectivity index (χ3v) is 4.60. The van der Waals surface area contributed by atoms with Gasteiger partial charge in [0, 0.05) is 12.3 Å². The van der Waals surface area contributed by atoms with Gasteiger partial charge in [0.1, 0.15) is 5.78 Å². The molecule has 1 aliphatic rings. The molecule has 105 valence electrons. The Morgan fingerprint density at radius 2 is 1.72 bits per heavy atom. The summed E-state index contributed by atoms with van der Waals surface area (Å²) in [6, 6.07) is 0. The van der Waals surface area contributed by atoms with Gasteiger partial charge in [-0.05, 0) is 33.1 Å². The van der Waals surface area contributed by atoms with Crippen molar-refractivity contribution in [3.63, 3.8) is 0 Å². The molecule has 3 nitrogen and oxygen atoms in total. The van der Waals surface area contributed by atoms with Crippen molar-refractivity contribution < 1.29 is 10.0 Å². The molecule has 1 saturated heterocycles. The fraction of sp³-hybridized carbons (Fsp3) is 0.933. The molecule has 0 N–H and O–H groups in total. The van der Waals surface area contributed by atoms with Crippen molar-refractivity contribution in [3.8, 4) is 0 Å². The fourth-order valence-electron chi connectivity index (χ4n) is 3.85. The molecule has 1 heterocycles. The number of hydrogen-bond donors (Lipinski definition) is 0. The monoisotopic (exact) mass is 254 g/mol. The quantitative estimate of drug-likeness (QED) is 0.749. The second-order valence-corrected chi connectivity index (χ2v) is 6.25. The van der Waals surface area contributed by atoms with Gasteiger partial charge >= 0.3 is 0 Å². The predicted octanol–water partition coefficient (Wildman–Crippen LogP) is 3.75. The molecule has 0 aromatic heterocycles. The first-order valence-corrected chi connectivity index (χ1v) is 7.36. The van der Waals surface area contributed by atoms with E-state index in [9.17, 15) is 10.0 Å². The predicted molar refractivity (Wildman–Crippen MR) is 72.6 cm³/mol. The zero-order valence-corrected chi connectivity index (χ0v) is 12.6. The highest BCUT2D eigenvalue weighted by atomic mass is 16.5. The molecule has 1 fully saturated rings. The molecule has 0 saturated carbocycles. The van der Waals surface area contributed by atoms with Crippen LogP contribution in [0.2, 0.25) is 0 Å². The fourth-order valence-corrected chi connectivity index (χ4v) is 3.85. The first kappa shape index (κ1) is 15.6. The van der Waals surface area contributed by atoms with E-state index in [0.29, 0.717) is 6.42 Å². The van der Waals surface area contributed by atoms with Crippen LogP contribution in [0.3, 0.4) is 0 Å². The van der Waals surface area contributed by atoms with Gasteiger partial charge in [0.05, 0.1) is 11.1 Å². The van der Waals surface area contributed by atoms with Gasteiger partial charge in [-0.25, -0.2) is 0 Å². The third kappa shape index (κ3) is 2.48. The second kappa shape index (κ2) is 5.70. The van der Waals surface area contributed by atoms with Crippen molar-refractivity contribution >= 4 is 5.78 Å². The number of rotatable bonds is 5. The first-order valence-electron chi connectivity index (χ1n) is 7.36. The van der Waals surface area contributed by atoms with Gasteiger partial charge in [0.25, 0.3) is 0 Å². The molecule has 1 rings (SSSR count). The number of Topliss-reactive ketones (excluding diaryl/α,β-unsaturated/α-hetero) is 1. The van der Waals surface area contributed by atoms with Gasteiger partial charge in [-0.2, -0.15) is 0 Å². The zero-order valence-electron chi connectivity index (χ0n) is 12.6. The Hall–Kier alpha value is -0.410. The van der Waals surface area contributed by atoms with E-state index < -0.39 is 11.1 Å². The minimum absolute atomic E-state index is 0.0973. The largest absolute Gasteiger partial charge is 0.299 e. The van der Waals surface area contributed by atoms with Crippen molar-refractivity contribution in [2.45, 2.75) is 84.2 Å². The zero-order chi connectivity index (χ0) is 14.0. The summed E-state index contributed by atoms with van der Waals surface area (Å²) in [5, 5.41) is 14.1. The summed E-state index contributed by atoms with van der Waals surface area (Å²) in [5.74, 6) is 0.191. The summed E-state index contributed by atoms with van der Waals surface area (Å²) in [4.78, 5) is 12.4. The van der Waals surface area contributed by atoms with Crippen LogP contribution in [0.4, 0.5) is 0 Å². The number of nitrogens with zero attached hydrogens (tertiary/aromatic N) is 1. The Balaban J connectivity index is 3.11. The summed E-state index contributed by atoms with van der Waals surface area (Å²) in [6.07, 6.45) is 4.69.